The largest absolute Gasteiger partial charge is 0.444 e. The van der Waals surface area contributed by atoms with Crippen molar-refractivity contribution in [1.82, 2.24) is 9.62 Å². The number of rotatable bonds is 4. The number of carbonyl (C=O) groups is 1. The summed E-state index contributed by atoms with van der Waals surface area (Å²) in [6.45, 7) is 7.10. The van der Waals surface area contributed by atoms with Gasteiger partial charge in [0.05, 0.1) is 4.90 Å². The Morgan fingerprint density at radius 1 is 1.21 bits per heavy atom. The minimum atomic E-state index is -3.47. The Morgan fingerprint density at radius 3 is 2.33 bits per heavy atom. The molecule has 0 aromatic heterocycles. The summed E-state index contributed by atoms with van der Waals surface area (Å²) in [5.41, 5.74) is -0.501. The predicted molar refractivity (Wildman–Crippen MR) is 92.2 cm³/mol. The van der Waals surface area contributed by atoms with Crippen LogP contribution in [0.2, 0.25) is 0 Å². The fourth-order valence-electron chi connectivity index (χ4n) is 2.56. The van der Waals surface area contributed by atoms with Crippen LogP contribution in [0.4, 0.5) is 4.79 Å². The maximum Gasteiger partial charge on any atom is 0.410 e. The number of sulfonamides is 1. The molecule has 1 fully saturated rings. The van der Waals surface area contributed by atoms with Crippen LogP contribution < -0.4 is 4.72 Å². The second-order valence-corrected chi connectivity index (χ2v) is 8.84. The zero-order chi connectivity index (χ0) is 17.8. The van der Waals surface area contributed by atoms with Gasteiger partial charge in [0.2, 0.25) is 10.0 Å². The Labute approximate surface area is 144 Å². The van der Waals surface area contributed by atoms with Crippen LogP contribution in [0.1, 0.15) is 33.6 Å². The van der Waals surface area contributed by atoms with Crippen molar-refractivity contribution in [2.45, 2.75) is 44.1 Å². The Kier molecular flexibility index (Phi) is 5.87. The minimum Gasteiger partial charge on any atom is -0.444 e. The lowest BCUT2D eigenvalue weighted by atomic mass is 9.97. The average molecular weight is 354 g/mol. The van der Waals surface area contributed by atoms with Crippen LogP contribution in [0.3, 0.4) is 0 Å². The maximum atomic E-state index is 12.2. The zero-order valence-corrected chi connectivity index (χ0v) is 15.3. The van der Waals surface area contributed by atoms with Gasteiger partial charge >= 0.3 is 6.09 Å². The Hall–Kier alpha value is -1.60. The Balaban J connectivity index is 1.80. The van der Waals surface area contributed by atoms with Gasteiger partial charge in [0.1, 0.15) is 5.60 Å². The predicted octanol–water partition coefficient (Wildman–Crippen LogP) is 2.61. The molecular formula is C17H26N2O4S. The molecule has 1 heterocycles. The third-order valence-electron chi connectivity index (χ3n) is 3.88. The molecule has 1 amide bonds. The maximum absolute atomic E-state index is 12.2. The second-order valence-electron chi connectivity index (χ2n) is 7.08. The van der Waals surface area contributed by atoms with E-state index in [-0.39, 0.29) is 16.9 Å². The quantitative estimate of drug-likeness (QED) is 0.902. The zero-order valence-electron chi connectivity index (χ0n) is 14.5. The molecule has 0 radical (unpaired) electrons. The van der Waals surface area contributed by atoms with Crippen LogP contribution in [-0.2, 0) is 14.8 Å². The Bertz CT molecular complexity index is 645. The number of nitrogens with zero attached hydrogens (tertiary/aromatic N) is 1. The number of likely N-dealkylation sites (tertiary alicyclic amines) is 1. The molecule has 0 unspecified atom stereocenters. The van der Waals surface area contributed by atoms with Crippen LogP contribution in [0.5, 0.6) is 0 Å². The van der Waals surface area contributed by atoms with Crippen molar-refractivity contribution < 1.29 is 17.9 Å². The second kappa shape index (κ2) is 7.53. The van der Waals surface area contributed by atoms with Gasteiger partial charge in [-0.2, -0.15) is 0 Å². The number of benzene rings is 1. The van der Waals surface area contributed by atoms with Crippen LogP contribution in [-0.4, -0.2) is 44.6 Å². The molecular weight excluding hydrogens is 328 g/mol. The molecule has 134 valence electrons. The Morgan fingerprint density at radius 2 is 1.79 bits per heavy atom. The highest BCUT2D eigenvalue weighted by molar-refractivity contribution is 7.89. The highest BCUT2D eigenvalue weighted by atomic mass is 32.2. The molecule has 1 aliphatic heterocycles. The van der Waals surface area contributed by atoms with E-state index < -0.39 is 15.6 Å². The van der Waals surface area contributed by atoms with Gasteiger partial charge in [-0.15, -0.1) is 0 Å². The van der Waals surface area contributed by atoms with Crippen LogP contribution in [0.15, 0.2) is 35.2 Å². The molecule has 1 aliphatic rings. The molecule has 1 aromatic carbocycles. The van der Waals surface area contributed by atoms with Crippen molar-refractivity contribution in [3.8, 4) is 0 Å². The van der Waals surface area contributed by atoms with E-state index in [1.807, 2.05) is 20.8 Å². The van der Waals surface area contributed by atoms with Crippen molar-refractivity contribution >= 4 is 16.1 Å². The van der Waals surface area contributed by atoms with E-state index in [4.69, 9.17) is 4.74 Å². The molecule has 0 aliphatic carbocycles. The van der Waals surface area contributed by atoms with Crippen molar-refractivity contribution in [3.05, 3.63) is 30.3 Å². The number of hydrogen-bond acceptors (Lipinski definition) is 4. The number of nitrogens with one attached hydrogen (secondary N) is 1. The fourth-order valence-corrected chi connectivity index (χ4v) is 3.69. The first kappa shape index (κ1) is 18.7. The van der Waals surface area contributed by atoms with Crippen molar-refractivity contribution in [2.75, 3.05) is 19.6 Å². The molecule has 0 saturated carbocycles. The molecule has 0 bridgehead atoms. The van der Waals surface area contributed by atoms with Gasteiger partial charge in [0.15, 0.2) is 0 Å². The summed E-state index contributed by atoms with van der Waals surface area (Å²) in [7, 11) is -3.47. The van der Waals surface area contributed by atoms with E-state index in [1.165, 1.54) is 0 Å². The van der Waals surface area contributed by atoms with E-state index in [0.717, 1.165) is 12.8 Å². The summed E-state index contributed by atoms with van der Waals surface area (Å²) in [6.07, 6.45) is 1.22. The smallest absolute Gasteiger partial charge is 0.410 e. The summed E-state index contributed by atoms with van der Waals surface area (Å²) in [5.74, 6) is 0.224. The standard InChI is InChI=1S/C17H26N2O4S/c1-17(2,3)23-16(20)19-11-9-14(10-12-19)13-18-24(21,22)15-7-5-4-6-8-15/h4-8,14,18H,9-13H2,1-3H3. The number of carbonyl (C=O) groups excluding carboxylic acids is 1. The molecule has 0 spiro atoms. The van der Waals surface area contributed by atoms with Gasteiger partial charge < -0.3 is 9.64 Å². The van der Waals surface area contributed by atoms with E-state index in [9.17, 15) is 13.2 Å². The van der Waals surface area contributed by atoms with E-state index in [0.29, 0.717) is 19.6 Å². The first-order valence-electron chi connectivity index (χ1n) is 8.20. The van der Waals surface area contributed by atoms with Crippen LogP contribution >= 0.6 is 0 Å². The lowest BCUT2D eigenvalue weighted by Crippen LogP contribution is -2.43. The van der Waals surface area contributed by atoms with Crippen LogP contribution in [0.25, 0.3) is 0 Å². The van der Waals surface area contributed by atoms with Crippen LogP contribution in [0, 0.1) is 5.92 Å². The number of ether oxygens (including phenoxy) is 1. The van der Waals surface area contributed by atoms with Gasteiger partial charge in [-0.1, -0.05) is 18.2 Å². The van der Waals surface area contributed by atoms with Crippen molar-refractivity contribution in [1.29, 1.82) is 0 Å². The molecule has 1 aromatic rings. The monoisotopic (exact) mass is 354 g/mol. The molecule has 6 nitrogen and oxygen atoms in total. The first-order chi connectivity index (χ1) is 11.2. The number of amides is 1. The van der Waals surface area contributed by atoms with E-state index >= 15 is 0 Å². The highest BCUT2D eigenvalue weighted by Crippen LogP contribution is 2.20. The first-order valence-corrected chi connectivity index (χ1v) is 9.68. The van der Waals surface area contributed by atoms with Gasteiger partial charge in [-0.05, 0) is 51.7 Å². The number of piperidine rings is 1. The summed E-state index contributed by atoms with van der Waals surface area (Å²) in [4.78, 5) is 14.0. The average Bonchev–Trinajstić information content (AvgIpc) is 2.53. The third-order valence-corrected chi connectivity index (χ3v) is 5.32. The topological polar surface area (TPSA) is 75.7 Å². The molecule has 0 atom stereocenters. The number of hydrogen-bond donors (Lipinski definition) is 1. The normalized spacial score (nSPS) is 16.9. The molecule has 7 heteroatoms. The summed E-state index contributed by atoms with van der Waals surface area (Å²) in [5, 5.41) is 0. The van der Waals surface area contributed by atoms with Gasteiger partial charge in [-0.3, -0.25) is 0 Å². The lowest BCUT2D eigenvalue weighted by Gasteiger charge is -2.33. The van der Waals surface area contributed by atoms with Crippen molar-refractivity contribution in [3.63, 3.8) is 0 Å². The summed E-state index contributed by atoms with van der Waals surface area (Å²) < 4.78 is 32.4. The SMILES string of the molecule is CC(C)(C)OC(=O)N1CCC(CNS(=O)(=O)c2ccccc2)CC1. The van der Waals surface area contributed by atoms with Gasteiger partial charge in [0.25, 0.3) is 0 Å². The third kappa shape index (κ3) is 5.49. The van der Waals surface area contributed by atoms with E-state index in [1.54, 1.807) is 35.2 Å². The fraction of sp³-hybridized carbons (Fsp3) is 0.588. The van der Waals surface area contributed by atoms with E-state index in [2.05, 4.69) is 4.72 Å². The summed E-state index contributed by atoms with van der Waals surface area (Å²) in [6, 6.07) is 8.34. The minimum absolute atomic E-state index is 0.224. The molecule has 2 rings (SSSR count). The molecule has 24 heavy (non-hydrogen) atoms. The molecule has 1 N–H and O–H groups in total. The lowest BCUT2D eigenvalue weighted by molar-refractivity contribution is 0.0185. The summed E-state index contributed by atoms with van der Waals surface area (Å²) >= 11 is 0. The highest BCUT2D eigenvalue weighted by Gasteiger charge is 2.27. The van der Waals surface area contributed by atoms with Gasteiger partial charge in [-0.25, -0.2) is 17.9 Å². The van der Waals surface area contributed by atoms with Gasteiger partial charge in [0, 0.05) is 19.6 Å². The van der Waals surface area contributed by atoms with Crippen molar-refractivity contribution in [2.24, 2.45) is 5.92 Å². The molecule has 1 saturated heterocycles.